The van der Waals surface area contributed by atoms with Gasteiger partial charge in [0.2, 0.25) is 0 Å². The van der Waals surface area contributed by atoms with Crippen molar-refractivity contribution in [1.82, 2.24) is 15.1 Å². The SMILES string of the molecule is S=C(NCc1ccccc1)N1CCN(C(c2ccccc2)c2ccc(Cl)cc2)CC1. The Balaban J connectivity index is 1.41. The molecule has 1 aliphatic rings. The van der Waals surface area contributed by atoms with E-state index < -0.39 is 0 Å². The lowest BCUT2D eigenvalue weighted by Crippen LogP contribution is -2.52. The first-order valence-corrected chi connectivity index (χ1v) is 11.1. The highest BCUT2D eigenvalue weighted by atomic mass is 35.5. The van der Waals surface area contributed by atoms with Gasteiger partial charge in [-0.25, -0.2) is 0 Å². The van der Waals surface area contributed by atoms with E-state index in [0.717, 1.165) is 42.9 Å². The molecule has 0 aromatic heterocycles. The molecule has 1 N–H and O–H groups in total. The van der Waals surface area contributed by atoms with Gasteiger partial charge in [-0.05, 0) is 41.0 Å². The molecule has 0 amide bonds. The van der Waals surface area contributed by atoms with Crippen LogP contribution >= 0.6 is 23.8 Å². The fraction of sp³-hybridized carbons (Fsp3) is 0.240. The van der Waals surface area contributed by atoms with Crippen LogP contribution in [0.2, 0.25) is 5.02 Å². The fourth-order valence-electron chi connectivity index (χ4n) is 3.96. The van der Waals surface area contributed by atoms with Crippen LogP contribution in [0.1, 0.15) is 22.7 Å². The molecule has 30 heavy (non-hydrogen) atoms. The van der Waals surface area contributed by atoms with Crippen LogP contribution in [0, 0.1) is 0 Å². The van der Waals surface area contributed by atoms with E-state index >= 15 is 0 Å². The van der Waals surface area contributed by atoms with E-state index in [4.69, 9.17) is 23.8 Å². The Bertz CT molecular complexity index is 939. The van der Waals surface area contributed by atoms with Crippen LogP contribution in [0.4, 0.5) is 0 Å². The monoisotopic (exact) mass is 435 g/mol. The summed E-state index contributed by atoms with van der Waals surface area (Å²) in [6.45, 7) is 4.50. The van der Waals surface area contributed by atoms with Gasteiger partial charge in [0.25, 0.3) is 0 Å². The predicted octanol–water partition coefficient (Wildman–Crippen LogP) is 5.12. The quantitative estimate of drug-likeness (QED) is 0.560. The minimum Gasteiger partial charge on any atom is -0.358 e. The van der Waals surface area contributed by atoms with Crippen LogP contribution in [0.15, 0.2) is 84.9 Å². The summed E-state index contributed by atoms with van der Waals surface area (Å²) in [5.74, 6) is 0. The van der Waals surface area contributed by atoms with Crippen molar-refractivity contribution in [2.75, 3.05) is 26.2 Å². The van der Waals surface area contributed by atoms with Gasteiger partial charge in [0.15, 0.2) is 5.11 Å². The summed E-state index contributed by atoms with van der Waals surface area (Å²) in [6.07, 6.45) is 0. The fourth-order valence-corrected chi connectivity index (χ4v) is 4.34. The van der Waals surface area contributed by atoms with Gasteiger partial charge < -0.3 is 10.2 Å². The Kier molecular flexibility index (Phi) is 7.00. The Labute approximate surface area is 189 Å². The van der Waals surface area contributed by atoms with Crippen LogP contribution in [-0.2, 0) is 6.54 Å². The number of hydrogen-bond donors (Lipinski definition) is 1. The molecule has 5 heteroatoms. The lowest BCUT2D eigenvalue weighted by Gasteiger charge is -2.40. The van der Waals surface area contributed by atoms with Gasteiger partial charge in [-0.15, -0.1) is 0 Å². The molecule has 0 spiro atoms. The Morgan fingerprint density at radius 1 is 0.800 bits per heavy atom. The van der Waals surface area contributed by atoms with Gasteiger partial charge in [-0.3, -0.25) is 4.90 Å². The van der Waals surface area contributed by atoms with Crippen molar-refractivity contribution < 1.29 is 0 Å². The van der Waals surface area contributed by atoms with Crippen LogP contribution < -0.4 is 5.32 Å². The molecular weight excluding hydrogens is 410 g/mol. The van der Waals surface area contributed by atoms with E-state index in [0.29, 0.717) is 0 Å². The third-order valence-electron chi connectivity index (χ3n) is 5.55. The maximum absolute atomic E-state index is 6.13. The molecule has 1 unspecified atom stereocenters. The first kappa shape index (κ1) is 20.9. The maximum atomic E-state index is 6.13. The third-order valence-corrected chi connectivity index (χ3v) is 6.21. The van der Waals surface area contributed by atoms with Crippen LogP contribution in [-0.4, -0.2) is 41.1 Å². The number of rotatable bonds is 5. The molecule has 1 aliphatic heterocycles. The van der Waals surface area contributed by atoms with E-state index in [-0.39, 0.29) is 6.04 Å². The average molecular weight is 436 g/mol. The molecule has 3 nitrogen and oxygen atoms in total. The number of benzene rings is 3. The molecule has 1 saturated heterocycles. The summed E-state index contributed by atoms with van der Waals surface area (Å²) in [5, 5.41) is 5.01. The minimum atomic E-state index is 0.219. The smallest absolute Gasteiger partial charge is 0.169 e. The zero-order valence-corrected chi connectivity index (χ0v) is 18.4. The molecule has 1 heterocycles. The van der Waals surface area contributed by atoms with Crippen molar-refractivity contribution in [2.24, 2.45) is 0 Å². The predicted molar refractivity (Wildman–Crippen MR) is 129 cm³/mol. The van der Waals surface area contributed by atoms with Gasteiger partial charge in [0.05, 0.1) is 6.04 Å². The summed E-state index contributed by atoms with van der Waals surface area (Å²) in [5.41, 5.74) is 3.81. The number of nitrogens with zero attached hydrogens (tertiary/aromatic N) is 2. The summed E-state index contributed by atoms with van der Waals surface area (Å²) in [4.78, 5) is 4.81. The second kappa shape index (κ2) is 10.1. The van der Waals surface area contributed by atoms with Gasteiger partial charge in [0, 0.05) is 37.7 Å². The largest absolute Gasteiger partial charge is 0.358 e. The Morgan fingerprint density at radius 3 is 2.00 bits per heavy atom. The second-order valence-corrected chi connectivity index (χ2v) is 8.36. The highest BCUT2D eigenvalue weighted by Crippen LogP contribution is 2.30. The number of piperazine rings is 1. The van der Waals surface area contributed by atoms with Crippen molar-refractivity contribution in [3.63, 3.8) is 0 Å². The maximum Gasteiger partial charge on any atom is 0.169 e. The zero-order valence-electron chi connectivity index (χ0n) is 16.9. The van der Waals surface area contributed by atoms with E-state index in [1.54, 1.807) is 0 Å². The van der Waals surface area contributed by atoms with Gasteiger partial charge in [0.1, 0.15) is 0 Å². The van der Waals surface area contributed by atoms with Gasteiger partial charge in [-0.2, -0.15) is 0 Å². The highest BCUT2D eigenvalue weighted by molar-refractivity contribution is 7.80. The van der Waals surface area contributed by atoms with E-state index in [2.05, 4.69) is 81.8 Å². The van der Waals surface area contributed by atoms with Gasteiger partial charge >= 0.3 is 0 Å². The van der Waals surface area contributed by atoms with E-state index in [1.807, 2.05) is 18.2 Å². The first-order chi connectivity index (χ1) is 14.7. The number of nitrogens with one attached hydrogen (secondary N) is 1. The molecule has 3 aromatic rings. The highest BCUT2D eigenvalue weighted by Gasteiger charge is 2.27. The van der Waals surface area contributed by atoms with Crippen molar-refractivity contribution in [3.8, 4) is 0 Å². The van der Waals surface area contributed by atoms with Crippen molar-refractivity contribution in [2.45, 2.75) is 12.6 Å². The normalized spacial score (nSPS) is 15.6. The van der Waals surface area contributed by atoms with E-state index in [9.17, 15) is 0 Å². The number of hydrogen-bond acceptors (Lipinski definition) is 2. The lowest BCUT2D eigenvalue weighted by atomic mass is 9.96. The molecule has 0 bridgehead atoms. The molecule has 0 saturated carbocycles. The molecule has 1 atom stereocenters. The van der Waals surface area contributed by atoms with Crippen LogP contribution in [0.3, 0.4) is 0 Å². The second-order valence-electron chi connectivity index (χ2n) is 7.53. The number of halogens is 1. The van der Waals surface area contributed by atoms with Crippen LogP contribution in [0.5, 0.6) is 0 Å². The molecule has 1 fully saturated rings. The molecule has 0 radical (unpaired) electrons. The molecule has 3 aromatic carbocycles. The average Bonchev–Trinajstić information content (AvgIpc) is 2.81. The molecule has 4 rings (SSSR count). The molecule has 0 aliphatic carbocycles. The third kappa shape index (κ3) is 5.20. The Morgan fingerprint density at radius 2 is 1.37 bits per heavy atom. The topological polar surface area (TPSA) is 18.5 Å². The standard InChI is InChI=1S/C25H26ClN3S/c26-23-13-11-22(12-14-23)24(21-9-5-2-6-10-21)28-15-17-29(18-16-28)25(30)27-19-20-7-3-1-4-8-20/h1-14,24H,15-19H2,(H,27,30). The van der Waals surface area contributed by atoms with Crippen LogP contribution in [0.25, 0.3) is 0 Å². The van der Waals surface area contributed by atoms with E-state index in [1.165, 1.54) is 16.7 Å². The number of thiocarbonyl (C=S) groups is 1. The lowest BCUT2D eigenvalue weighted by molar-refractivity contribution is 0.149. The first-order valence-electron chi connectivity index (χ1n) is 10.3. The summed E-state index contributed by atoms with van der Waals surface area (Å²) in [6, 6.07) is 29.5. The molecular formula is C25H26ClN3S. The summed E-state index contributed by atoms with van der Waals surface area (Å²) in [7, 11) is 0. The summed E-state index contributed by atoms with van der Waals surface area (Å²) >= 11 is 11.8. The van der Waals surface area contributed by atoms with Gasteiger partial charge in [-0.1, -0.05) is 84.4 Å². The molecule has 154 valence electrons. The Hall–Kier alpha value is -2.40. The van der Waals surface area contributed by atoms with Crippen molar-refractivity contribution >= 4 is 28.9 Å². The van der Waals surface area contributed by atoms with Crippen molar-refractivity contribution in [3.05, 3.63) is 107 Å². The van der Waals surface area contributed by atoms with Crippen molar-refractivity contribution in [1.29, 1.82) is 0 Å². The minimum absolute atomic E-state index is 0.219. The summed E-state index contributed by atoms with van der Waals surface area (Å²) < 4.78 is 0. The zero-order chi connectivity index (χ0) is 20.8.